The summed E-state index contributed by atoms with van der Waals surface area (Å²) in [5, 5.41) is 4.18. The number of hydrogen-bond donors (Lipinski definition) is 1. The molecule has 0 aliphatic rings. The highest BCUT2D eigenvalue weighted by Crippen LogP contribution is 2.26. The Bertz CT molecular complexity index is 539. The van der Waals surface area contributed by atoms with Crippen molar-refractivity contribution in [2.45, 2.75) is 40.3 Å². The van der Waals surface area contributed by atoms with Gasteiger partial charge < -0.3 is 10.5 Å². The van der Waals surface area contributed by atoms with Crippen molar-refractivity contribution in [3.05, 3.63) is 35.4 Å². The van der Waals surface area contributed by atoms with Gasteiger partial charge in [-0.05, 0) is 43.5 Å². The van der Waals surface area contributed by atoms with Gasteiger partial charge in [-0.3, -0.25) is 0 Å². The van der Waals surface area contributed by atoms with E-state index in [1.54, 1.807) is 6.33 Å². The van der Waals surface area contributed by atoms with Gasteiger partial charge in [-0.2, -0.15) is 5.10 Å². The highest BCUT2D eigenvalue weighted by atomic mass is 16.5. The number of anilines is 1. The van der Waals surface area contributed by atoms with Crippen LogP contribution in [0.15, 0.2) is 18.5 Å². The average Bonchev–Trinajstić information content (AvgIpc) is 2.76. The van der Waals surface area contributed by atoms with Crippen molar-refractivity contribution in [2.24, 2.45) is 0 Å². The summed E-state index contributed by atoms with van der Waals surface area (Å²) in [6.07, 6.45) is 2.59. The monoisotopic (exact) mass is 260 g/mol. The Morgan fingerprint density at radius 3 is 2.58 bits per heavy atom. The Morgan fingerprint density at radius 2 is 1.95 bits per heavy atom. The molecule has 2 rings (SSSR count). The maximum Gasteiger partial charge on any atom is 0.164 e. The first-order valence-corrected chi connectivity index (χ1v) is 6.48. The number of aryl methyl sites for hydroxylation is 3. The van der Waals surface area contributed by atoms with Crippen LogP contribution in [-0.2, 0) is 13.2 Å². The van der Waals surface area contributed by atoms with Crippen LogP contribution in [0.3, 0.4) is 0 Å². The quantitative estimate of drug-likeness (QED) is 0.839. The largest absolute Gasteiger partial charge is 0.485 e. The lowest BCUT2D eigenvalue weighted by molar-refractivity contribution is 0.282. The summed E-state index contributed by atoms with van der Waals surface area (Å²) in [4.78, 5) is 4.23. The Balaban J connectivity index is 2.12. The minimum Gasteiger partial charge on any atom is -0.485 e. The summed E-state index contributed by atoms with van der Waals surface area (Å²) < 4.78 is 7.75. The summed E-state index contributed by atoms with van der Waals surface area (Å²) in [7, 11) is 0. The lowest BCUT2D eigenvalue weighted by atomic mass is 10.1. The van der Waals surface area contributed by atoms with E-state index in [2.05, 4.69) is 17.0 Å². The molecule has 0 radical (unpaired) electrons. The van der Waals surface area contributed by atoms with Crippen LogP contribution in [0, 0.1) is 13.8 Å². The average molecular weight is 260 g/mol. The Kier molecular flexibility index (Phi) is 4.04. The molecule has 0 saturated heterocycles. The second-order valence-corrected chi connectivity index (χ2v) is 4.67. The second-order valence-electron chi connectivity index (χ2n) is 4.67. The fourth-order valence-corrected chi connectivity index (χ4v) is 2.15. The summed E-state index contributed by atoms with van der Waals surface area (Å²) in [5.41, 5.74) is 8.64. The highest BCUT2D eigenvalue weighted by molar-refractivity contribution is 5.52. The van der Waals surface area contributed by atoms with Gasteiger partial charge in [0.05, 0.1) is 0 Å². The van der Waals surface area contributed by atoms with Gasteiger partial charge in [0.15, 0.2) is 5.82 Å². The third-order valence-corrected chi connectivity index (χ3v) is 2.96. The van der Waals surface area contributed by atoms with E-state index >= 15 is 0 Å². The molecule has 0 unspecified atom stereocenters. The number of nitrogens with two attached hydrogens (primary N) is 1. The molecule has 0 bridgehead atoms. The van der Waals surface area contributed by atoms with Gasteiger partial charge in [0.2, 0.25) is 0 Å². The molecule has 5 nitrogen and oxygen atoms in total. The maximum absolute atomic E-state index is 5.88. The van der Waals surface area contributed by atoms with E-state index in [0.717, 1.165) is 41.4 Å². The number of benzene rings is 1. The third kappa shape index (κ3) is 3.05. The molecule has 2 N–H and O–H groups in total. The second kappa shape index (κ2) is 5.73. The SMILES string of the molecule is CCCn1ncnc1COc1c(C)cc(N)cc1C. The van der Waals surface area contributed by atoms with E-state index < -0.39 is 0 Å². The van der Waals surface area contributed by atoms with E-state index in [1.165, 1.54) is 0 Å². The summed E-state index contributed by atoms with van der Waals surface area (Å²) in [6, 6.07) is 3.83. The van der Waals surface area contributed by atoms with Crippen molar-refractivity contribution in [1.29, 1.82) is 0 Å². The van der Waals surface area contributed by atoms with Crippen molar-refractivity contribution >= 4 is 5.69 Å². The van der Waals surface area contributed by atoms with E-state index in [-0.39, 0.29) is 0 Å². The van der Waals surface area contributed by atoms with E-state index in [4.69, 9.17) is 10.5 Å². The minimum absolute atomic E-state index is 0.422. The predicted octanol–water partition coefficient (Wildman–Crippen LogP) is 2.47. The van der Waals surface area contributed by atoms with E-state index in [1.807, 2.05) is 30.7 Å². The summed E-state index contributed by atoms with van der Waals surface area (Å²) in [6.45, 7) is 7.38. The predicted molar refractivity (Wildman–Crippen MR) is 75.0 cm³/mol. The third-order valence-electron chi connectivity index (χ3n) is 2.96. The van der Waals surface area contributed by atoms with Gasteiger partial charge in [0.1, 0.15) is 18.7 Å². The standard InChI is InChI=1S/C14H20N4O/c1-4-5-18-13(16-9-17-18)8-19-14-10(2)6-12(15)7-11(14)3/h6-7,9H,4-5,8,15H2,1-3H3. The molecule has 19 heavy (non-hydrogen) atoms. The highest BCUT2D eigenvalue weighted by Gasteiger charge is 2.08. The van der Waals surface area contributed by atoms with Crippen LogP contribution in [0.2, 0.25) is 0 Å². The molecule has 0 spiro atoms. The lowest BCUT2D eigenvalue weighted by Crippen LogP contribution is -2.09. The molecule has 0 aliphatic carbocycles. The van der Waals surface area contributed by atoms with Crippen molar-refractivity contribution in [2.75, 3.05) is 5.73 Å². The number of aromatic nitrogens is 3. The minimum atomic E-state index is 0.422. The van der Waals surface area contributed by atoms with E-state index in [9.17, 15) is 0 Å². The molecule has 1 heterocycles. The molecule has 2 aromatic rings. The normalized spacial score (nSPS) is 10.7. The molecular weight excluding hydrogens is 240 g/mol. The number of hydrogen-bond acceptors (Lipinski definition) is 4. The Morgan fingerprint density at radius 1 is 1.26 bits per heavy atom. The zero-order chi connectivity index (χ0) is 13.8. The maximum atomic E-state index is 5.88. The topological polar surface area (TPSA) is 66.0 Å². The number of ether oxygens (including phenoxy) is 1. The number of nitrogen functional groups attached to an aromatic ring is 1. The van der Waals surface area contributed by atoms with Gasteiger partial charge in [-0.1, -0.05) is 6.92 Å². The number of nitrogens with zero attached hydrogens (tertiary/aromatic N) is 3. The Labute approximate surface area is 113 Å². The molecule has 5 heteroatoms. The van der Waals surface area contributed by atoms with Crippen molar-refractivity contribution in [3.8, 4) is 5.75 Å². The number of rotatable bonds is 5. The summed E-state index contributed by atoms with van der Waals surface area (Å²) >= 11 is 0. The molecule has 102 valence electrons. The molecule has 0 saturated carbocycles. The van der Waals surface area contributed by atoms with Crippen molar-refractivity contribution in [1.82, 2.24) is 14.8 Å². The van der Waals surface area contributed by atoms with Crippen LogP contribution in [0.1, 0.15) is 30.3 Å². The van der Waals surface area contributed by atoms with Gasteiger partial charge >= 0.3 is 0 Å². The van der Waals surface area contributed by atoms with Crippen molar-refractivity contribution < 1.29 is 4.74 Å². The zero-order valence-corrected chi connectivity index (χ0v) is 11.7. The van der Waals surface area contributed by atoms with Gasteiger partial charge in [0.25, 0.3) is 0 Å². The van der Waals surface area contributed by atoms with Crippen LogP contribution < -0.4 is 10.5 Å². The molecule has 1 aromatic heterocycles. The fourth-order valence-electron chi connectivity index (χ4n) is 2.15. The van der Waals surface area contributed by atoms with Gasteiger partial charge in [0, 0.05) is 12.2 Å². The zero-order valence-electron chi connectivity index (χ0n) is 11.7. The molecule has 0 atom stereocenters. The van der Waals surface area contributed by atoms with Crippen LogP contribution in [-0.4, -0.2) is 14.8 Å². The molecule has 0 amide bonds. The van der Waals surface area contributed by atoms with Crippen LogP contribution in [0.4, 0.5) is 5.69 Å². The molecule has 0 aliphatic heterocycles. The first kappa shape index (κ1) is 13.4. The van der Waals surface area contributed by atoms with Gasteiger partial charge in [-0.15, -0.1) is 0 Å². The van der Waals surface area contributed by atoms with E-state index in [0.29, 0.717) is 6.61 Å². The summed E-state index contributed by atoms with van der Waals surface area (Å²) in [5.74, 6) is 1.72. The van der Waals surface area contributed by atoms with Crippen LogP contribution in [0.25, 0.3) is 0 Å². The Hall–Kier alpha value is -2.04. The van der Waals surface area contributed by atoms with Crippen LogP contribution in [0.5, 0.6) is 5.75 Å². The fraction of sp³-hybridized carbons (Fsp3) is 0.429. The van der Waals surface area contributed by atoms with Gasteiger partial charge in [-0.25, -0.2) is 9.67 Å². The molecular formula is C14H20N4O. The first-order valence-electron chi connectivity index (χ1n) is 6.48. The first-order chi connectivity index (χ1) is 9.11. The molecule has 0 fully saturated rings. The van der Waals surface area contributed by atoms with Crippen molar-refractivity contribution in [3.63, 3.8) is 0 Å². The molecule has 1 aromatic carbocycles. The smallest absolute Gasteiger partial charge is 0.164 e. The van der Waals surface area contributed by atoms with Crippen LogP contribution >= 0.6 is 0 Å². The lowest BCUT2D eigenvalue weighted by Gasteiger charge is -2.13.